The number of carbonyl (C=O) groups excluding carboxylic acids is 3. The lowest BCUT2D eigenvalue weighted by molar-refractivity contribution is -0.144. The molecule has 0 radical (unpaired) electrons. The molecule has 2 N–H and O–H groups in total. The van der Waals surface area contributed by atoms with E-state index in [4.69, 9.17) is 9.47 Å². The van der Waals surface area contributed by atoms with Crippen LogP contribution in [0.4, 0.5) is 4.39 Å². The van der Waals surface area contributed by atoms with Gasteiger partial charge in [-0.25, -0.2) is 22.3 Å². The Balaban J connectivity index is 1.43. The summed E-state index contributed by atoms with van der Waals surface area (Å²) in [6.45, 7) is 2.07. The Morgan fingerprint density at radius 3 is 2.40 bits per heavy atom. The van der Waals surface area contributed by atoms with Gasteiger partial charge in [0.1, 0.15) is 5.82 Å². The molecule has 1 aliphatic carbocycles. The fourth-order valence-corrected chi connectivity index (χ4v) is 5.46. The van der Waals surface area contributed by atoms with Gasteiger partial charge in [0.25, 0.3) is 5.91 Å². The second-order valence-electron chi connectivity index (χ2n) is 8.95. The van der Waals surface area contributed by atoms with Crippen molar-refractivity contribution in [1.29, 1.82) is 0 Å². The average Bonchev–Trinajstić information content (AvgIpc) is 3.63. The van der Waals surface area contributed by atoms with Gasteiger partial charge in [-0.15, -0.1) is 0 Å². The molecule has 194 valence electrons. The number of hydrogen-bond donors (Lipinski definition) is 2. The molecule has 0 bridgehead atoms. The topological polar surface area (TPSA) is 131 Å². The van der Waals surface area contributed by atoms with Crippen molar-refractivity contribution in [2.45, 2.75) is 87.4 Å². The zero-order valence-electron chi connectivity index (χ0n) is 19.9. The molecule has 0 aromatic heterocycles. The number of sulfonamides is 1. The monoisotopic (exact) mass is 512 g/mol. The van der Waals surface area contributed by atoms with Gasteiger partial charge in [-0.05, 0) is 56.9 Å². The third kappa shape index (κ3) is 7.31. The fraction of sp³-hybridized carbons (Fsp3) is 0.625. The van der Waals surface area contributed by atoms with E-state index in [0.717, 1.165) is 31.4 Å². The number of ketones is 1. The maximum Gasteiger partial charge on any atom is 0.338 e. The highest BCUT2D eigenvalue weighted by Crippen LogP contribution is 2.32. The van der Waals surface area contributed by atoms with Crippen molar-refractivity contribution in [1.82, 2.24) is 10.0 Å². The van der Waals surface area contributed by atoms with E-state index >= 15 is 0 Å². The van der Waals surface area contributed by atoms with Crippen molar-refractivity contribution >= 4 is 27.7 Å². The summed E-state index contributed by atoms with van der Waals surface area (Å²) in [6.07, 6.45) is 3.87. The minimum Gasteiger partial charge on any atom is -0.464 e. The number of amides is 1. The highest BCUT2D eigenvalue weighted by atomic mass is 32.2. The van der Waals surface area contributed by atoms with Crippen LogP contribution in [-0.4, -0.2) is 57.0 Å². The summed E-state index contributed by atoms with van der Waals surface area (Å²) >= 11 is 0. The third-order valence-corrected chi connectivity index (χ3v) is 7.85. The quantitative estimate of drug-likeness (QED) is 0.236. The number of epoxide rings is 1. The fourth-order valence-electron chi connectivity index (χ4n) is 4.38. The Kier molecular flexibility index (Phi) is 9.37. The van der Waals surface area contributed by atoms with E-state index in [2.05, 4.69) is 10.0 Å². The van der Waals surface area contributed by atoms with Crippen LogP contribution in [0.15, 0.2) is 29.2 Å². The molecule has 11 heteroatoms. The molecule has 1 amide bonds. The van der Waals surface area contributed by atoms with Crippen LogP contribution in [0, 0.1) is 5.82 Å². The first-order valence-electron chi connectivity index (χ1n) is 12.1. The van der Waals surface area contributed by atoms with Crippen LogP contribution in [0.5, 0.6) is 0 Å². The maximum atomic E-state index is 13.1. The SMILES string of the molecule is CCOC(=O)[C@H]1O[C@@H]1C(=O)NC1(C(=O)CCCCCNS(=O)(=O)c2ccc(F)cc2)CCCCC1. The Morgan fingerprint density at radius 1 is 1.06 bits per heavy atom. The second kappa shape index (κ2) is 12.0. The number of halogens is 1. The van der Waals surface area contributed by atoms with E-state index in [1.165, 1.54) is 12.1 Å². The summed E-state index contributed by atoms with van der Waals surface area (Å²) in [5, 5.41) is 2.88. The van der Waals surface area contributed by atoms with Crippen molar-refractivity contribution in [3.8, 4) is 0 Å². The Labute approximate surface area is 205 Å². The van der Waals surface area contributed by atoms with Gasteiger partial charge in [-0.3, -0.25) is 9.59 Å². The predicted molar refractivity (Wildman–Crippen MR) is 124 cm³/mol. The van der Waals surface area contributed by atoms with Gasteiger partial charge in [0.15, 0.2) is 18.0 Å². The van der Waals surface area contributed by atoms with Crippen LogP contribution >= 0.6 is 0 Å². The number of rotatable bonds is 13. The predicted octanol–water partition coefficient (Wildman–Crippen LogP) is 2.38. The zero-order valence-corrected chi connectivity index (χ0v) is 20.7. The summed E-state index contributed by atoms with van der Waals surface area (Å²) in [6, 6.07) is 4.59. The number of nitrogens with one attached hydrogen (secondary N) is 2. The van der Waals surface area contributed by atoms with Gasteiger partial charge < -0.3 is 14.8 Å². The van der Waals surface area contributed by atoms with Gasteiger partial charge in [0.2, 0.25) is 10.0 Å². The van der Waals surface area contributed by atoms with Crippen LogP contribution in [-0.2, 0) is 33.9 Å². The molecule has 9 nitrogen and oxygen atoms in total. The Bertz CT molecular complexity index is 1010. The Morgan fingerprint density at radius 2 is 1.74 bits per heavy atom. The number of Topliss-reactive ketones (excluding diaryl/α,β-unsaturated/α-hetero) is 1. The molecule has 1 heterocycles. The summed E-state index contributed by atoms with van der Waals surface area (Å²) in [5.41, 5.74) is -0.954. The molecule has 1 aliphatic heterocycles. The molecule has 0 unspecified atom stereocenters. The molecule has 1 saturated heterocycles. The zero-order chi connectivity index (χ0) is 25.5. The number of hydrogen-bond acceptors (Lipinski definition) is 7. The molecule has 35 heavy (non-hydrogen) atoms. The van der Waals surface area contributed by atoms with Gasteiger partial charge in [-0.1, -0.05) is 25.7 Å². The summed E-state index contributed by atoms with van der Waals surface area (Å²) in [7, 11) is -3.71. The highest BCUT2D eigenvalue weighted by Gasteiger charge is 2.53. The molecule has 1 saturated carbocycles. The van der Waals surface area contributed by atoms with Crippen LogP contribution in [0.25, 0.3) is 0 Å². The van der Waals surface area contributed by atoms with E-state index in [1.54, 1.807) is 6.92 Å². The lowest BCUT2D eigenvalue weighted by Crippen LogP contribution is -2.56. The smallest absolute Gasteiger partial charge is 0.338 e. The van der Waals surface area contributed by atoms with Crippen molar-refractivity contribution in [2.24, 2.45) is 0 Å². The summed E-state index contributed by atoms with van der Waals surface area (Å²) in [4.78, 5) is 37.5. The van der Waals surface area contributed by atoms with E-state index in [0.29, 0.717) is 32.1 Å². The maximum absolute atomic E-state index is 13.1. The standard InChI is InChI=1S/C24H33FN2O7S/c1-2-33-23(30)21-20(34-21)22(29)27-24(14-6-4-7-15-24)19(28)9-5-3-8-16-26-35(31,32)18-12-10-17(25)11-13-18/h10-13,20-21,26H,2-9,14-16H2,1H3,(H,27,29)/t20-,21-/m0/s1. The largest absolute Gasteiger partial charge is 0.464 e. The molecule has 1 aromatic rings. The minimum absolute atomic E-state index is 0.00565. The molecule has 3 rings (SSSR count). The van der Waals surface area contributed by atoms with Crippen LogP contribution in [0.3, 0.4) is 0 Å². The lowest BCUT2D eigenvalue weighted by Gasteiger charge is -2.36. The van der Waals surface area contributed by atoms with Crippen molar-refractivity contribution in [2.75, 3.05) is 13.2 Å². The number of ether oxygens (including phenoxy) is 2. The van der Waals surface area contributed by atoms with Gasteiger partial charge in [0.05, 0.1) is 17.0 Å². The van der Waals surface area contributed by atoms with E-state index < -0.39 is 45.5 Å². The van der Waals surface area contributed by atoms with Gasteiger partial charge in [0, 0.05) is 13.0 Å². The number of carbonyl (C=O) groups is 3. The van der Waals surface area contributed by atoms with Crippen LogP contribution in [0.1, 0.15) is 64.7 Å². The van der Waals surface area contributed by atoms with E-state index in [9.17, 15) is 27.2 Å². The van der Waals surface area contributed by atoms with Crippen molar-refractivity contribution in [3.63, 3.8) is 0 Å². The first-order valence-corrected chi connectivity index (χ1v) is 13.6. The molecular formula is C24H33FN2O7S. The van der Waals surface area contributed by atoms with Crippen LogP contribution in [0.2, 0.25) is 0 Å². The molecule has 1 aromatic carbocycles. The first-order chi connectivity index (χ1) is 16.7. The van der Waals surface area contributed by atoms with Crippen molar-refractivity contribution < 1.29 is 36.7 Å². The van der Waals surface area contributed by atoms with Crippen molar-refractivity contribution in [3.05, 3.63) is 30.1 Å². The third-order valence-electron chi connectivity index (χ3n) is 6.37. The first kappa shape index (κ1) is 27.2. The van der Waals surface area contributed by atoms with Gasteiger partial charge >= 0.3 is 5.97 Å². The average molecular weight is 513 g/mol. The normalized spacial score (nSPS) is 21.2. The Hall–Kier alpha value is -2.37. The lowest BCUT2D eigenvalue weighted by atomic mass is 9.77. The van der Waals surface area contributed by atoms with E-state index in [-0.39, 0.29) is 30.3 Å². The molecule has 2 atom stereocenters. The van der Waals surface area contributed by atoms with Crippen LogP contribution < -0.4 is 10.0 Å². The minimum atomic E-state index is -3.71. The molecule has 2 aliphatic rings. The van der Waals surface area contributed by atoms with E-state index in [1.807, 2.05) is 0 Å². The van der Waals surface area contributed by atoms with Gasteiger partial charge in [-0.2, -0.15) is 0 Å². The highest BCUT2D eigenvalue weighted by molar-refractivity contribution is 7.89. The summed E-state index contributed by atoms with van der Waals surface area (Å²) in [5.74, 6) is -1.60. The number of esters is 1. The summed E-state index contributed by atoms with van der Waals surface area (Å²) < 4.78 is 50.0. The number of benzene rings is 1. The number of unbranched alkanes of at least 4 members (excludes halogenated alkanes) is 2. The second-order valence-corrected chi connectivity index (χ2v) is 10.7. The molecule has 2 fully saturated rings. The molecular weight excluding hydrogens is 479 g/mol. The molecule has 0 spiro atoms.